The van der Waals surface area contributed by atoms with Crippen LogP contribution in [-0.4, -0.2) is 6.61 Å². The van der Waals surface area contributed by atoms with Crippen molar-refractivity contribution < 1.29 is 4.74 Å². The van der Waals surface area contributed by atoms with E-state index in [1.54, 1.807) is 0 Å². The van der Waals surface area contributed by atoms with Crippen LogP contribution in [-0.2, 0) is 5.54 Å². The highest BCUT2D eigenvalue weighted by molar-refractivity contribution is 5.39. The van der Waals surface area contributed by atoms with E-state index in [9.17, 15) is 0 Å². The lowest BCUT2D eigenvalue weighted by atomic mass is 9.76. The molecule has 0 radical (unpaired) electrons. The standard InChI is InChI=1S/C15H23NO/c1-3-17-13-7-8-14(12(2)11-13)15(16)9-5-4-6-10-15/h7-8,11H,3-6,9-10,16H2,1-2H3. The molecule has 2 heteroatoms. The molecule has 2 rings (SSSR count). The van der Waals surface area contributed by atoms with E-state index >= 15 is 0 Å². The quantitative estimate of drug-likeness (QED) is 0.867. The summed E-state index contributed by atoms with van der Waals surface area (Å²) >= 11 is 0. The monoisotopic (exact) mass is 233 g/mol. The lowest BCUT2D eigenvalue weighted by Crippen LogP contribution is -2.39. The summed E-state index contributed by atoms with van der Waals surface area (Å²) in [5, 5.41) is 0. The zero-order valence-electron chi connectivity index (χ0n) is 11.0. The molecule has 0 aromatic heterocycles. The summed E-state index contributed by atoms with van der Waals surface area (Å²) in [7, 11) is 0. The normalized spacial score (nSPS) is 19.0. The number of ether oxygens (including phenoxy) is 1. The zero-order chi connectivity index (χ0) is 12.3. The van der Waals surface area contributed by atoms with Crippen molar-refractivity contribution in [3.63, 3.8) is 0 Å². The molecule has 1 fully saturated rings. The van der Waals surface area contributed by atoms with Crippen LogP contribution >= 0.6 is 0 Å². The number of benzene rings is 1. The molecule has 0 bridgehead atoms. The SMILES string of the molecule is CCOc1ccc(C2(N)CCCCC2)c(C)c1. The molecule has 1 aliphatic carbocycles. The van der Waals surface area contributed by atoms with Crippen LogP contribution in [0.1, 0.15) is 50.2 Å². The fourth-order valence-corrected chi connectivity index (χ4v) is 2.90. The molecule has 1 aromatic rings. The second-order valence-electron chi connectivity index (χ2n) is 5.13. The Kier molecular flexibility index (Phi) is 3.72. The van der Waals surface area contributed by atoms with Gasteiger partial charge in [0.05, 0.1) is 6.61 Å². The minimum absolute atomic E-state index is 0.104. The molecule has 0 amide bonds. The zero-order valence-corrected chi connectivity index (χ0v) is 11.0. The predicted octanol–water partition coefficient (Wildman–Crippen LogP) is 3.51. The summed E-state index contributed by atoms with van der Waals surface area (Å²) in [4.78, 5) is 0. The first kappa shape index (κ1) is 12.4. The summed E-state index contributed by atoms with van der Waals surface area (Å²) in [6.07, 6.45) is 6.06. The van der Waals surface area contributed by atoms with E-state index in [2.05, 4.69) is 25.1 Å². The third-order valence-electron chi connectivity index (χ3n) is 3.79. The highest BCUT2D eigenvalue weighted by Gasteiger charge is 2.30. The van der Waals surface area contributed by atoms with Crippen molar-refractivity contribution in [2.24, 2.45) is 5.73 Å². The van der Waals surface area contributed by atoms with E-state index in [4.69, 9.17) is 10.5 Å². The lowest BCUT2D eigenvalue weighted by molar-refractivity contribution is 0.300. The summed E-state index contributed by atoms with van der Waals surface area (Å²) < 4.78 is 5.52. The molecule has 0 unspecified atom stereocenters. The largest absolute Gasteiger partial charge is 0.494 e. The smallest absolute Gasteiger partial charge is 0.119 e. The summed E-state index contributed by atoms with van der Waals surface area (Å²) in [6.45, 7) is 4.86. The van der Waals surface area contributed by atoms with Gasteiger partial charge in [0, 0.05) is 5.54 Å². The van der Waals surface area contributed by atoms with Gasteiger partial charge in [-0.25, -0.2) is 0 Å². The highest BCUT2D eigenvalue weighted by atomic mass is 16.5. The van der Waals surface area contributed by atoms with E-state index < -0.39 is 0 Å². The van der Waals surface area contributed by atoms with Crippen molar-refractivity contribution in [2.75, 3.05) is 6.61 Å². The van der Waals surface area contributed by atoms with Crippen LogP contribution in [0.4, 0.5) is 0 Å². The maximum Gasteiger partial charge on any atom is 0.119 e. The maximum absolute atomic E-state index is 6.56. The first-order valence-corrected chi connectivity index (χ1v) is 6.68. The van der Waals surface area contributed by atoms with Crippen LogP contribution in [0.3, 0.4) is 0 Å². The van der Waals surface area contributed by atoms with Crippen LogP contribution < -0.4 is 10.5 Å². The second-order valence-corrected chi connectivity index (χ2v) is 5.13. The highest BCUT2D eigenvalue weighted by Crippen LogP contribution is 2.37. The van der Waals surface area contributed by atoms with E-state index in [-0.39, 0.29) is 5.54 Å². The van der Waals surface area contributed by atoms with Gasteiger partial charge < -0.3 is 10.5 Å². The summed E-state index contributed by atoms with van der Waals surface area (Å²) in [6, 6.07) is 6.32. The van der Waals surface area contributed by atoms with E-state index in [0.717, 1.165) is 18.6 Å². The minimum atomic E-state index is -0.104. The first-order chi connectivity index (χ1) is 8.15. The van der Waals surface area contributed by atoms with Crippen molar-refractivity contribution in [1.29, 1.82) is 0 Å². The summed E-state index contributed by atoms with van der Waals surface area (Å²) in [5.41, 5.74) is 9.03. The maximum atomic E-state index is 6.56. The molecule has 2 nitrogen and oxygen atoms in total. The molecule has 94 valence electrons. The molecule has 1 aliphatic rings. The Morgan fingerprint density at radius 3 is 2.53 bits per heavy atom. The number of aryl methyl sites for hydroxylation is 1. The van der Waals surface area contributed by atoms with Gasteiger partial charge in [-0.2, -0.15) is 0 Å². The molecule has 17 heavy (non-hydrogen) atoms. The Labute approximate surface area is 104 Å². The van der Waals surface area contributed by atoms with Crippen LogP contribution in [0.15, 0.2) is 18.2 Å². The fraction of sp³-hybridized carbons (Fsp3) is 0.600. The molecule has 1 aromatic carbocycles. The van der Waals surface area contributed by atoms with Crippen LogP contribution in [0, 0.1) is 6.92 Å². The van der Waals surface area contributed by atoms with Gasteiger partial charge in [0.25, 0.3) is 0 Å². The van der Waals surface area contributed by atoms with Gasteiger partial charge >= 0.3 is 0 Å². The molecule has 0 aliphatic heterocycles. The Bertz CT molecular complexity index is 381. The van der Waals surface area contributed by atoms with Gasteiger partial charge in [-0.3, -0.25) is 0 Å². The Hall–Kier alpha value is -1.02. The Morgan fingerprint density at radius 1 is 1.24 bits per heavy atom. The number of hydrogen-bond donors (Lipinski definition) is 1. The van der Waals surface area contributed by atoms with E-state index in [1.807, 2.05) is 6.92 Å². The molecule has 0 saturated heterocycles. The minimum Gasteiger partial charge on any atom is -0.494 e. The average Bonchev–Trinajstić information content (AvgIpc) is 2.30. The fourth-order valence-electron chi connectivity index (χ4n) is 2.90. The lowest BCUT2D eigenvalue weighted by Gasteiger charge is -2.35. The van der Waals surface area contributed by atoms with Crippen molar-refractivity contribution in [3.8, 4) is 5.75 Å². The van der Waals surface area contributed by atoms with Gasteiger partial charge in [0.15, 0.2) is 0 Å². The van der Waals surface area contributed by atoms with E-state index in [1.165, 1.54) is 30.4 Å². The molecule has 2 N–H and O–H groups in total. The number of hydrogen-bond acceptors (Lipinski definition) is 2. The van der Waals surface area contributed by atoms with E-state index in [0.29, 0.717) is 6.61 Å². The third-order valence-corrected chi connectivity index (χ3v) is 3.79. The number of rotatable bonds is 3. The second kappa shape index (κ2) is 5.09. The van der Waals surface area contributed by atoms with Gasteiger partial charge in [0.2, 0.25) is 0 Å². The molecule has 0 atom stereocenters. The van der Waals surface area contributed by atoms with Crippen molar-refractivity contribution in [3.05, 3.63) is 29.3 Å². The third kappa shape index (κ3) is 2.63. The molecule has 1 saturated carbocycles. The van der Waals surface area contributed by atoms with Crippen LogP contribution in [0.2, 0.25) is 0 Å². The van der Waals surface area contributed by atoms with Crippen LogP contribution in [0.25, 0.3) is 0 Å². The Morgan fingerprint density at radius 2 is 1.94 bits per heavy atom. The number of nitrogens with two attached hydrogens (primary N) is 1. The van der Waals surface area contributed by atoms with Gasteiger partial charge in [-0.15, -0.1) is 0 Å². The molecular formula is C15H23NO. The molecule has 0 spiro atoms. The van der Waals surface area contributed by atoms with Gasteiger partial charge in [0.1, 0.15) is 5.75 Å². The molecule has 0 heterocycles. The average molecular weight is 233 g/mol. The predicted molar refractivity (Wildman–Crippen MR) is 71.3 cm³/mol. The summed E-state index contributed by atoms with van der Waals surface area (Å²) in [5.74, 6) is 0.952. The topological polar surface area (TPSA) is 35.2 Å². The van der Waals surface area contributed by atoms with Gasteiger partial charge in [-0.05, 0) is 49.9 Å². The first-order valence-electron chi connectivity index (χ1n) is 6.68. The Balaban J connectivity index is 2.25. The van der Waals surface area contributed by atoms with Crippen LogP contribution in [0.5, 0.6) is 5.75 Å². The van der Waals surface area contributed by atoms with Gasteiger partial charge in [-0.1, -0.05) is 25.3 Å². The molecular weight excluding hydrogens is 210 g/mol. The van der Waals surface area contributed by atoms with Crippen molar-refractivity contribution in [1.82, 2.24) is 0 Å². The van der Waals surface area contributed by atoms with Crippen molar-refractivity contribution >= 4 is 0 Å². The van der Waals surface area contributed by atoms with Crippen molar-refractivity contribution in [2.45, 2.75) is 51.5 Å².